The molecule has 1 N–H and O–H groups in total. The van der Waals surface area contributed by atoms with E-state index in [1.165, 1.54) is 0 Å². The summed E-state index contributed by atoms with van der Waals surface area (Å²) in [5.74, 6) is 0.701. The van der Waals surface area contributed by atoms with E-state index in [1.807, 2.05) is 27.8 Å². The molecule has 0 unspecified atom stereocenters. The second kappa shape index (κ2) is 8.98. The number of hydrogen-bond donors (Lipinski definition) is 1. The fraction of sp³-hybridized carbons (Fsp3) is 0.875. The monoisotopic (exact) mass is 314 g/mol. The van der Waals surface area contributed by atoms with E-state index in [2.05, 4.69) is 5.32 Å². The van der Waals surface area contributed by atoms with E-state index in [4.69, 9.17) is 9.47 Å². The molecule has 0 aromatic heterocycles. The highest BCUT2D eigenvalue weighted by molar-refractivity contribution is 5.77. The lowest BCUT2D eigenvalue weighted by Crippen LogP contribution is -2.36. The van der Waals surface area contributed by atoms with Crippen molar-refractivity contribution in [3.63, 3.8) is 0 Å². The molecule has 6 nitrogen and oxygen atoms in total. The Morgan fingerprint density at radius 1 is 1.27 bits per heavy atom. The Morgan fingerprint density at radius 2 is 1.91 bits per heavy atom. The van der Waals surface area contributed by atoms with Gasteiger partial charge in [0, 0.05) is 39.8 Å². The number of nitrogens with zero attached hydrogens (tertiary/aromatic N) is 1. The molecule has 0 aromatic carbocycles. The fourth-order valence-electron chi connectivity index (χ4n) is 2.31. The third-order valence-corrected chi connectivity index (χ3v) is 3.65. The maximum Gasteiger partial charge on any atom is 0.407 e. The average Bonchev–Trinajstić information content (AvgIpc) is 2.43. The topological polar surface area (TPSA) is 67.9 Å². The quantitative estimate of drug-likeness (QED) is 0.816. The van der Waals surface area contributed by atoms with Gasteiger partial charge in [-0.05, 0) is 46.0 Å². The summed E-state index contributed by atoms with van der Waals surface area (Å²) in [6.07, 6.45) is 3.00. The Bertz CT molecular complexity index is 360. The summed E-state index contributed by atoms with van der Waals surface area (Å²) in [5, 5.41) is 2.61. The van der Waals surface area contributed by atoms with Gasteiger partial charge in [-0.25, -0.2) is 4.79 Å². The highest BCUT2D eigenvalue weighted by Gasteiger charge is 2.18. The summed E-state index contributed by atoms with van der Waals surface area (Å²) in [5.41, 5.74) is -0.519. The molecular formula is C16H30N2O4. The van der Waals surface area contributed by atoms with Crippen LogP contribution in [0.3, 0.4) is 0 Å². The number of carbonyl (C=O) groups excluding carboxylic acids is 2. The summed E-state index contributed by atoms with van der Waals surface area (Å²) < 4.78 is 10.5. The maximum absolute atomic E-state index is 12.0. The predicted octanol–water partition coefficient (Wildman–Crippen LogP) is 2.18. The van der Waals surface area contributed by atoms with Crippen molar-refractivity contribution in [1.82, 2.24) is 10.2 Å². The Kier molecular flexibility index (Phi) is 7.65. The van der Waals surface area contributed by atoms with E-state index in [0.717, 1.165) is 39.0 Å². The number of amides is 2. The molecule has 1 aliphatic heterocycles. The van der Waals surface area contributed by atoms with E-state index in [0.29, 0.717) is 18.9 Å². The van der Waals surface area contributed by atoms with Gasteiger partial charge in [0.25, 0.3) is 0 Å². The fourth-order valence-corrected chi connectivity index (χ4v) is 2.31. The molecule has 1 rings (SSSR count). The smallest absolute Gasteiger partial charge is 0.407 e. The van der Waals surface area contributed by atoms with Crippen molar-refractivity contribution >= 4 is 12.0 Å². The van der Waals surface area contributed by atoms with Crippen LogP contribution >= 0.6 is 0 Å². The summed E-state index contributed by atoms with van der Waals surface area (Å²) in [6, 6.07) is 0. The molecule has 6 heteroatoms. The molecule has 0 aliphatic carbocycles. The summed E-state index contributed by atoms with van der Waals surface area (Å²) >= 11 is 0. The van der Waals surface area contributed by atoms with Crippen molar-refractivity contribution in [2.45, 2.75) is 52.1 Å². The molecule has 1 fully saturated rings. The first-order valence-corrected chi connectivity index (χ1v) is 8.06. The summed E-state index contributed by atoms with van der Waals surface area (Å²) in [6.45, 7) is 8.15. The van der Waals surface area contributed by atoms with Crippen LogP contribution in [0.4, 0.5) is 4.79 Å². The van der Waals surface area contributed by atoms with Crippen molar-refractivity contribution in [3.05, 3.63) is 0 Å². The van der Waals surface area contributed by atoms with Crippen LogP contribution in [0.25, 0.3) is 0 Å². The Morgan fingerprint density at radius 3 is 2.50 bits per heavy atom. The van der Waals surface area contributed by atoms with Gasteiger partial charge in [-0.1, -0.05) is 0 Å². The minimum atomic E-state index is -0.519. The molecule has 0 aromatic rings. The molecule has 1 saturated heterocycles. The van der Waals surface area contributed by atoms with Gasteiger partial charge in [0.05, 0.1) is 0 Å². The van der Waals surface area contributed by atoms with Gasteiger partial charge in [-0.15, -0.1) is 0 Å². The van der Waals surface area contributed by atoms with Crippen LogP contribution < -0.4 is 5.32 Å². The molecule has 0 atom stereocenters. The molecule has 0 saturated carbocycles. The normalized spacial score (nSPS) is 16.2. The summed E-state index contributed by atoms with van der Waals surface area (Å²) in [7, 11) is 1.81. The first kappa shape index (κ1) is 18.7. The van der Waals surface area contributed by atoms with Gasteiger partial charge in [0.15, 0.2) is 0 Å². The molecule has 22 heavy (non-hydrogen) atoms. The van der Waals surface area contributed by atoms with Crippen LogP contribution in [0.5, 0.6) is 0 Å². The molecule has 128 valence electrons. The number of alkyl carbamates (subject to hydrolysis) is 1. The van der Waals surface area contributed by atoms with E-state index in [-0.39, 0.29) is 5.91 Å². The Balaban J connectivity index is 2.14. The van der Waals surface area contributed by atoms with Gasteiger partial charge in [-0.3, -0.25) is 4.79 Å². The van der Waals surface area contributed by atoms with Crippen LogP contribution in [0.1, 0.15) is 46.5 Å². The zero-order chi connectivity index (χ0) is 16.6. The van der Waals surface area contributed by atoms with E-state index < -0.39 is 11.7 Å². The molecular weight excluding hydrogens is 284 g/mol. The zero-order valence-corrected chi connectivity index (χ0v) is 14.3. The van der Waals surface area contributed by atoms with Gasteiger partial charge >= 0.3 is 6.09 Å². The first-order valence-electron chi connectivity index (χ1n) is 8.06. The number of hydrogen-bond acceptors (Lipinski definition) is 4. The standard InChI is InChI=1S/C16H30N2O4/c1-16(2,3)22-15(20)17-9-5-14(19)18(4)10-6-13-7-11-21-12-8-13/h13H,5-12H2,1-4H3,(H,17,20). The van der Waals surface area contributed by atoms with Crippen LogP contribution in [0.15, 0.2) is 0 Å². The second-order valence-corrected chi connectivity index (χ2v) is 6.84. The van der Waals surface area contributed by atoms with Gasteiger partial charge in [-0.2, -0.15) is 0 Å². The van der Waals surface area contributed by atoms with Crippen molar-refractivity contribution in [2.24, 2.45) is 5.92 Å². The molecule has 0 bridgehead atoms. The zero-order valence-electron chi connectivity index (χ0n) is 14.3. The Hall–Kier alpha value is -1.30. The molecule has 1 aliphatic rings. The highest BCUT2D eigenvalue weighted by atomic mass is 16.6. The second-order valence-electron chi connectivity index (χ2n) is 6.84. The minimum absolute atomic E-state index is 0.0446. The first-order chi connectivity index (χ1) is 10.3. The number of nitrogens with one attached hydrogen (secondary N) is 1. The molecule has 0 radical (unpaired) electrons. The number of ether oxygens (including phenoxy) is 2. The van der Waals surface area contributed by atoms with Crippen molar-refractivity contribution < 1.29 is 19.1 Å². The maximum atomic E-state index is 12.0. The molecule has 0 spiro atoms. The third kappa shape index (κ3) is 8.22. The van der Waals surface area contributed by atoms with Crippen LogP contribution in [-0.4, -0.2) is 55.9 Å². The Labute approximate surface area is 133 Å². The largest absolute Gasteiger partial charge is 0.444 e. The van der Waals surface area contributed by atoms with Crippen molar-refractivity contribution in [1.29, 1.82) is 0 Å². The van der Waals surface area contributed by atoms with Crippen molar-refractivity contribution in [3.8, 4) is 0 Å². The predicted molar refractivity (Wildman–Crippen MR) is 84.7 cm³/mol. The number of rotatable bonds is 6. The highest BCUT2D eigenvalue weighted by Crippen LogP contribution is 2.18. The lowest BCUT2D eigenvalue weighted by Gasteiger charge is -2.25. The van der Waals surface area contributed by atoms with E-state index in [1.54, 1.807) is 4.90 Å². The lowest BCUT2D eigenvalue weighted by atomic mass is 9.96. The molecule has 2 amide bonds. The van der Waals surface area contributed by atoms with Crippen LogP contribution in [-0.2, 0) is 14.3 Å². The van der Waals surface area contributed by atoms with Crippen molar-refractivity contribution in [2.75, 3.05) is 33.4 Å². The van der Waals surface area contributed by atoms with Gasteiger partial charge in [0.1, 0.15) is 5.60 Å². The third-order valence-electron chi connectivity index (χ3n) is 3.65. The SMILES string of the molecule is CN(CCC1CCOCC1)C(=O)CCNC(=O)OC(C)(C)C. The lowest BCUT2D eigenvalue weighted by molar-refractivity contribution is -0.130. The summed E-state index contributed by atoms with van der Waals surface area (Å²) in [4.78, 5) is 25.2. The molecule has 1 heterocycles. The minimum Gasteiger partial charge on any atom is -0.444 e. The van der Waals surface area contributed by atoms with Crippen LogP contribution in [0.2, 0.25) is 0 Å². The van der Waals surface area contributed by atoms with Gasteiger partial charge < -0.3 is 19.7 Å². The van der Waals surface area contributed by atoms with E-state index >= 15 is 0 Å². The van der Waals surface area contributed by atoms with Crippen LogP contribution in [0, 0.1) is 5.92 Å². The average molecular weight is 314 g/mol. The van der Waals surface area contributed by atoms with Gasteiger partial charge in [0.2, 0.25) is 5.91 Å². The van der Waals surface area contributed by atoms with E-state index in [9.17, 15) is 9.59 Å². The number of carbonyl (C=O) groups is 2.